The Kier molecular flexibility index (Phi) is 6.80. The SMILES string of the molecule is C[C@H](O)[C@H](O)[C@@H](O)[C@@H](O)C(=O)[C@H]1O[C@H](CO)[C@@H](O)[C@H](O)[C@H]1O. The van der Waals surface area contributed by atoms with Gasteiger partial charge < -0.3 is 45.6 Å². The molecule has 9 atom stereocenters. The highest BCUT2D eigenvalue weighted by Gasteiger charge is 2.49. The first-order valence-corrected chi connectivity index (χ1v) is 6.70. The maximum Gasteiger partial charge on any atom is 0.195 e. The molecule has 130 valence electrons. The summed E-state index contributed by atoms with van der Waals surface area (Å²) in [6.45, 7) is 0.364. The molecule has 1 saturated heterocycles. The number of carbonyl (C=O) groups is 1. The summed E-state index contributed by atoms with van der Waals surface area (Å²) in [6, 6.07) is 0. The van der Waals surface area contributed by atoms with E-state index in [9.17, 15) is 35.4 Å². The summed E-state index contributed by atoms with van der Waals surface area (Å²) in [5, 5.41) is 75.7. The van der Waals surface area contributed by atoms with Crippen LogP contribution in [0.2, 0.25) is 0 Å². The molecular formula is C12H22O10. The lowest BCUT2D eigenvalue weighted by Gasteiger charge is -2.40. The van der Waals surface area contributed by atoms with Crippen LogP contribution in [0.5, 0.6) is 0 Å². The highest BCUT2D eigenvalue weighted by atomic mass is 16.5. The number of carbonyl (C=O) groups excluding carboxylic acids is 1. The van der Waals surface area contributed by atoms with Crippen LogP contribution in [0.15, 0.2) is 0 Å². The average Bonchev–Trinajstić information content (AvgIpc) is 2.50. The molecule has 1 heterocycles. The number of rotatable bonds is 6. The molecule has 0 unspecified atom stereocenters. The zero-order valence-corrected chi connectivity index (χ0v) is 11.8. The Hall–Kier alpha value is -0.690. The van der Waals surface area contributed by atoms with Crippen molar-refractivity contribution in [2.24, 2.45) is 0 Å². The smallest absolute Gasteiger partial charge is 0.195 e. The minimum absolute atomic E-state index is 0.760. The average molecular weight is 326 g/mol. The van der Waals surface area contributed by atoms with Gasteiger partial charge in [0.05, 0.1) is 12.7 Å². The van der Waals surface area contributed by atoms with Crippen LogP contribution >= 0.6 is 0 Å². The van der Waals surface area contributed by atoms with E-state index in [-0.39, 0.29) is 0 Å². The number of hydrogen-bond donors (Lipinski definition) is 8. The Morgan fingerprint density at radius 1 is 1.00 bits per heavy atom. The highest BCUT2D eigenvalue weighted by molar-refractivity contribution is 5.88. The van der Waals surface area contributed by atoms with Gasteiger partial charge in [0, 0.05) is 0 Å². The Balaban J connectivity index is 2.86. The maximum absolute atomic E-state index is 12.0. The van der Waals surface area contributed by atoms with Crippen LogP contribution in [0.25, 0.3) is 0 Å². The minimum Gasteiger partial charge on any atom is -0.394 e. The zero-order valence-electron chi connectivity index (χ0n) is 11.8. The van der Waals surface area contributed by atoms with Crippen molar-refractivity contribution in [1.29, 1.82) is 0 Å². The van der Waals surface area contributed by atoms with E-state index in [1.165, 1.54) is 0 Å². The molecule has 0 saturated carbocycles. The van der Waals surface area contributed by atoms with Gasteiger partial charge in [-0.1, -0.05) is 0 Å². The van der Waals surface area contributed by atoms with E-state index in [0.29, 0.717) is 0 Å². The topological polar surface area (TPSA) is 188 Å². The molecule has 1 fully saturated rings. The number of ether oxygens (including phenoxy) is 1. The molecule has 8 N–H and O–H groups in total. The standard InChI is InChI=1S/C12H22O10/c1-3(14)5(15)7(17)9(19)11(21)12-10(20)8(18)6(16)4(2-13)22-12/h3-10,12-20H,2H2,1H3/t3-,4+,5-,6+,7+,8-,9+,10+,12-/m0/s1. The Bertz CT molecular complexity index is 373. The molecule has 0 aliphatic carbocycles. The normalized spacial score (nSPS) is 38.1. The summed E-state index contributed by atoms with van der Waals surface area (Å²) in [5.74, 6) is -1.27. The van der Waals surface area contributed by atoms with Crippen molar-refractivity contribution in [2.75, 3.05) is 6.61 Å². The van der Waals surface area contributed by atoms with Crippen molar-refractivity contribution < 1.29 is 50.4 Å². The molecule has 0 spiro atoms. The van der Waals surface area contributed by atoms with Crippen molar-refractivity contribution in [3.8, 4) is 0 Å². The molecule has 1 aliphatic heterocycles. The molecule has 10 heteroatoms. The minimum atomic E-state index is -2.22. The Morgan fingerprint density at radius 2 is 1.55 bits per heavy atom. The predicted octanol–water partition coefficient (Wildman–Crippen LogP) is -5.14. The second kappa shape index (κ2) is 7.73. The van der Waals surface area contributed by atoms with Crippen molar-refractivity contribution in [3.63, 3.8) is 0 Å². The fourth-order valence-electron chi connectivity index (χ4n) is 2.15. The summed E-state index contributed by atoms with van der Waals surface area (Å²) in [5.41, 5.74) is 0. The fourth-order valence-corrected chi connectivity index (χ4v) is 2.15. The van der Waals surface area contributed by atoms with E-state index < -0.39 is 67.3 Å². The first-order valence-electron chi connectivity index (χ1n) is 6.70. The van der Waals surface area contributed by atoms with Crippen molar-refractivity contribution in [3.05, 3.63) is 0 Å². The fraction of sp³-hybridized carbons (Fsp3) is 0.917. The summed E-state index contributed by atoms with van der Waals surface area (Å²) in [4.78, 5) is 12.0. The number of Topliss-reactive ketones (excluding diaryl/α,β-unsaturated/α-hetero) is 1. The lowest BCUT2D eigenvalue weighted by molar-refractivity contribution is -0.231. The van der Waals surface area contributed by atoms with Crippen LogP contribution in [0.4, 0.5) is 0 Å². The number of aliphatic hydroxyl groups is 8. The van der Waals surface area contributed by atoms with Gasteiger partial charge in [-0.2, -0.15) is 0 Å². The van der Waals surface area contributed by atoms with Gasteiger partial charge in [0.15, 0.2) is 5.78 Å². The largest absolute Gasteiger partial charge is 0.394 e. The lowest BCUT2D eigenvalue weighted by Crippen LogP contribution is -2.63. The van der Waals surface area contributed by atoms with E-state index >= 15 is 0 Å². The monoisotopic (exact) mass is 326 g/mol. The van der Waals surface area contributed by atoms with Crippen LogP contribution in [-0.4, -0.2) is 108 Å². The second-order valence-corrected chi connectivity index (χ2v) is 5.32. The summed E-state index contributed by atoms with van der Waals surface area (Å²) < 4.78 is 4.93. The molecule has 0 aromatic rings. The van der Waals surface area contributed by atoms with Crippen molar-refractivity contribution in [2.45, 2.75) is 61.9 Å². The number of aliphatic hydroxyl groups excluding tert-OH is 8. The third-order valence-corrected chi connectivity index (χ3v) is 3.63. The van der Waals surface area contributed by atoms with Gasteiger partial charge in [0.1, 0.15) is 48.8 Å². The van der Waals surface area contributed by atoms with Gasteiger partial charge in [0.25, 0.3) is 0 Å². The quantitative estimate of drug-likeness (QED) is 0.234. The highest BCUT2D eigenvalue weighted by Crippen LogP contribution is 2.23. The lowest BCUT2D eigenvalue weighted by atomic mass is 9.89. The summed E-state index contributed by atoms with van der Waals surface area (Å²) in [6.07, 6.45) is -16.1. The van der Waals surface area contributed by atoms with E-state index in [2.05, 4.69) is 0 Å². The van der Waals surface area contributed by atoms with Crippen LogP contribution in [0, 0.1) is 0 Å². The predicted molar refractivity (Wildman–Crippen MR) is 68.5 cm³/mol. The van der Waals surface area contributed by atoms with Gasteiger partial charge in [-0.3, -0.25) is 4.79 Å². The van der Waals surface area contributed by atoms with E-state index in [1.807, 2.05) is 0 Å². The second-order valence-electron chi connectivity index (χ2n) is 5.32. The molecule has 1 rings (SSSR count). The number of ketones is 1. The van der Waals surface area contributed by atoms with Gasteiger partial charge >= 0.3 is 0 Å². The number of hydrogen-bond acceptors (Lipinski definition) is 10. The van der Waals surface area contributed by atoms with Gasteiger partial charge in [-0.05, 0) is 6.92 Å². The van der Waals surface area contributed by atoms with Crippen LogP contribution in [0.3, 0.4) is 0 Å². The molecule has 0 bridgehead atoms. The third-order valence-electron chi connectivity index (χ3n) is 3.63. The molecule has 22 heavy (non-hydrogen) atoms. The first-order chi connectivity index (χ1) is 10.1. The molecule has 0 amide bonds. The van der Waals surface area contributed by atoms with Gasteiger partial charge in [-0.15, -0.1) is 0 Å². The Labute approximate surface area is 125 Å². The van der Waals surface area contributed by atoms with Crippen molar-refractivity contribution >= 4 is 5.78 Å². The molecule has 0 radical (unpaired) electrons. The van der Waals surface area contributed by atoms with Crippen LogP contribution < -0.4 is 0 Å². The first kappa shape index (κ1) is 19.4. The Morgan fingerprint density at radius 3 is 2.00 bits per heavy atom. The zero-order chi connectivity index (χ0) is 17.2. The van der Waals surface area contributed by atoms with E-state index in [0.717, 1.165) is 6.92 Å². The summed E-state index contributed by atoms with van der Waals surface area (Å²) in [7, 11) is 0. The van der Waals surface area contributed by atoms with E-state index in [4.69, 9.17) is 14.9 Å². The third kappa shape index (κ3) is 3.79. The van der Waals surface area contributed by atoms with Gasteiger partial charge in [0.2, 0.25) is 0 Å². The van der Waals surface area contributed by atoms with Gasteiger partial charge in [-0.25, -0.2) is 0 Å². The molecule has 0 aromatic heterocycles. The maximum atomic E-state index is 12.0. The molecule has 10 nitrogen and oxygen atoms in total. The van der Waals surface area contributed by atoms with Crippen LogP contribution in [-0.2, 0) is 9.53 Å². The molecule has 1 aliphatic rings. The molecule has 0 aromatic carbocycles. The van der Waals surface area contributed by atoms with E-state index in [1.54, 1.807) is 0 Å². The van der Waals surface area contributed by atoms with Crippen molar-refractivity contribution in [1.82, 2.24) is 0 Å². The summed E-state index contributed by atoms with van der Waals surface area (Å²) >= 11 is 0. The van der Waals surface area contributed by atoms with Crippen LogP contribution in [0.1, 0.15) is 6.92 Å². The molecular weight excluding hydrogens is 304 g/mol.